The number of anilines is 1. The van der Waals surface area contributed by atoms with Crippen molar-refractivity contribution in [1.82, 2.24) is 10.3 Å². The van der Waals surface area contributed by atoms with Crippen molar-refractivity contribution in [2.75, 3.05) is 12.3 Å². The first-order valence-corrected chi connectivity index (χ1v) is 6.91. The van der Waals surface area contributed by atoms with Crippen LogP contribution in [0.1, 0.15) is 23.5 Å². The molecule has 19 heavy (non-hydrogen) atoms. The predicted octanol–water partition coefficient (Wildman–Crippen LogP) is 1.63. The Morgan fingerprint density at radius 2 is 2.32 bits per heavy atom. The molecule has 5 nitrogen and oxygen atoms in total. The maximum atomic E-state index is 12.2. The lowest BCUT2D eigenvalue weighted by atomic mass is 10.1. The van der Waals surface area contributed by atoms with Gasteiger partial charge in [0.2, 0.25) is 0 Å². The highest BCUT2D eigenvalue weighted by Gasteiger charge is 2.21. The summed E-state index contributed by atoms with van der Waals surface area (Å²) in [6.07, 6.45) is 1.67. The van der Waals surface area contributed by atoms with Crippen LogP contribution < -0.4 is 11.1 Å². The van der Waals surface area contributed by atoms with Crippen LogP contribution in [0.2, 0.25) is 0 Å². The van der Waals surface area contributed by atoms with Gasteiger partial charge in [0.05, 0.1) is 18.3 Å². The number of carbonyl (C=O) groups excluding carboxylic acids is 1. The molecule has 2 heterocycles. The lowest BCUT2D eigenvalue weighted by Gasteiger charge is -2.19. The molecule has 1 atom stereocenters. The lowest BCUT2D eigenvalue weighted by molar-refractivity contribution is 0.0902. The van der Waals surface area contributed by atoms with Gasteiger partial charge in [-0.3, -0.25) is 4.79 Å². The van der Waals surface area contributed by atoms with Crippen molar-refractivity contribution >= 4 is 33.1 Å². The van der Waals surface area contributed by atoms with Crippen LogP contribution in [0.25, 0.3) is 10.2 Å². The second-order valence-corrected chi connectivity index (χ2v) is 5.71. The summed E-state index contributed by atoms with van der Waals surface area (Å²) in [5.41, 5.74) is 6.43. The molecule has 0 saturated heterocycles. The van der Waals surface area contributed by atoms with Crippen molar-refractivity contribution in [2.24, 2.45) is 5.92 Å². The van der Waals surface area contributed by atoms with Crippen LogP contribution in [0, 0.1) is 5.92 Å². The van der Waals surface area contributed by atoms with Crippen LogP contribution in [-0.2, 0) is 0 Å². The van der Waals surface area contributed by atoms with E-state index < -0.39 is 0 Å². The van der Waals surface area contributed by atoms with Crippen molar-refractivity contribution in [3.63, 3.8) is 0 Å². The first-order chi connectivity index (χ1) is 9.04. The van der Waals surface area contributed by atoms with E-state index >= 15 is 0 Å². The molecule has 2 rings (SSSR count). The van der Waals surface area contributed by atoms with E-state index in [9.17, 15) is 9.90 Å². The molecule has 0 saturated carbocycles. The first-order valence-electron chi connectivity index (χ1n) is 6.09. The van der Waals surface area contributed by atoms with Crippen LogP contribution in [-0.4, -0.2) is 28.6 Å². The van der Waals surface area contributed by atoms with Gasteiger partial charge >= 0.3 is 0 Å². The van der Waals surface area contributed by atoms with Crippen LogP contribution in [0.3, 0.4) is 0 Å². The molecule has 102 valence electrons. The van der Waals surface area contributed by atoms with Gasteiger partial charge in [-0.05, 0) is 18.1 Å². The van der Waals surface area contributed by atoms with E-state index in [0.29, 0.717) is 10.6 Å². The van der Waals surface area contributed by atoms with Gasteiger partial charge in [0.15, 0.2) is 0 Å². The van der Waals surface area contributed by atoms with Gasteiger partial charge < -0.3 is 16.2 Å². The van der Waals surface area contributed by atoms with Gasteiger partial charge in [-0.1, -0.05) is 13.8 Å². The number of amides is 1. The summed E-state index contributed by atoms with van der Waals surface area (Å²) < 4.78 is 0. The Morgan fingerprint density at radius 3 is 2.89 bits per heavy atom. The molecular formula is C13H17N3O2S. The number of nitrogen functional groups attached to an aromatic ring is 1. The van der Waals surface area contributed by atoms with Gasteiger partial charge in [0, 0.05) is 11.6 Å². The number of aliphatic hydroxyl groups is 1. The quantitative estimate of drug-likeness (QED) is 0.793. The molecule has 0 aromatic carbocycles. The third kappa shape index (κ3) is 2.69. The minimum absolute atomic E-state index is 0.0908. The van der Waals surface area contributed by atoms with E-state index in [1.54, 1.807) is 12.3 Å². The normalized spacial score (nSPS) is 12.8. The molecule has 0 aliphatic heterocycles. The highest BCUT2D eigenvalue weighted by molar-refractivity contribution is 7.21. The fourth-order valence-electron chi connectivity index (χ4n) is 1.78. The largest absolute Gasteiger partial charge is 0.397 e. The molecule has 0 spiro atoms. The SMILES string of the molecule is CC(C)[C@@H](CO)NC(=O)c1sc2ncccc2c1N. The summed E-state index contributed by atoms with van der Waals surface area (Å²) in [5, 5.41) is 12.8. The zero-order valence-electron chi connectivity index (χ0n) is 10.9. The van der Waals surface area contributed by atoms with Crippen LogP contribution in [0.5, 0.6) is 0 Å². The summed E-state index contributed by atoms with van der Waals surface area (Å²) >= 11 is 1.27. The van der Waals surface area contributed by atoms with E-state index in [1.165, 1.54) is 11.3 Å². The third-order valence-electron chi connectivity index (χ3n) is 3.03. The average Bonchev–Trinajstić information content (AvgIpc) is 2.73. The second-order valence-electron chi connectivity index (χ2n) is 4.71. The Bertz CT molecular complexity index is 595. The molecular weight excluding hydrogens is 262 g/mol. The molecule has 2 aromatic rings. The standard InChI is InChI=1S/C13H17N3O2S/c1-7(2)9(6-17)16-12(18)11-10(14)8-4-3-5-15-13(8)19-11/h3-5,7,9,17H,6,14H2,1-2H3,(H,16,18)/t9-/m1/s1. The van der Waals surface area contributed by atoms with Gasteiger partial charge in [0.25, 0.3) is 5.91 Å². The van der Waals surface area contributed by atoms with E-state index in [1.807, 2.05) is 19.9 Å². The molecule has 1 amide bonds. The number of aliphatic hydroxyl groups excluding tert-OH is 1. The highest BCUT2D eigenvalue weighted by Crippen LogP contribution is 2.31. The van der Waals surface area contributed by atoms with Crippen LogP contribution in [0.4, 0.5) is 5.69 Å². The second kappa shape index (κ2) is 5.54. The lowest BCUT2D eigenvalue weighted by Crippen LogP contribution is -2.41. The zero-order valence-corrected chi connectivity index (χ0v) is 11.7. The van der Waals surface area contributed by atoms with Crippen molar-refractivity contribution in [3.05, 3.63) is 23.2 Å². The maximum Gasteiger partial charge on any atom is 0.263 e. The highest BCUT2D eigenvalue weighted by atomic mass is 32.1. The Kier molecular flexibility index (Phi) is 4.01. The van der Waals surface area contributed by atoms with E-state index in [2.05, 4.69) is 10.3 Å². The average molecular weight is 279 g/mol. The number of aromatic nitrogens is 1. The summed E-state index contributed by atoms with van der Waals surface area (Å²) in [7, 11) is 0. The smallest absolute Gasteiger partial charge is 0.263 e. The summed E-state index contributed by atoms with van der Waals surface area (Å²) in [6, 6.07) is 3.36. The molecule has 0 radical (unpaired) electrons. The van der Waals surface area contributed by atoms with Gasteiger partial charge in [0.1, 0.15) is 9.71 Å². The number of hydrogen-bond donors (Lipinski definition) is 3. The van der Waals surface area contributed by atoms with Gasteiger partial charge in [-0.15, -0.1) is 11.3 Å². The molecule has 0 bridgehead atoms. The van der Waals surface area contributed by atoms with Crippen molar-refractivity contribution in [1.29, 1.82) is 0 Å². The zero-order chi connectivity index (χ0) is 14.0. The van der Waals surface area contributed by atoms with Crippen LogP contribution in [0.15, 0.2) is 18.3 Å². The fraction of sp³-hybridized carbons (Fsp3) is 0.385. The number of thiophene rings is 1. The van der Waals surface area contributed by atoms with E-state index in [4.69, 9.17) is 5.73 Å². The first kappa shape index (κ1) is 13.8. The number of rotatable bonds is 4. The van der Waals surface area contributed by atoms with E-state index in [0.717, 1.165) is 10.2 Å². The summed E-state index contributed by atoms with van der Waals surface area (Å²) in [4.78, 5) is 17.6. The molecule has 0 unspecified atom stereocenters. The summed E-state index contributed by atoms with van der Waals surface area (Å²) in [5.74, 6) is -0.101. The molecule has 0 fully saturated rings. The molecule has 4 N–H and O–H groups in total. The third-order valence-corrected chi connectivity index (χ3v) is 4.16. The summed E-state index contributed by atoms with van der Waals surface area (Å²) in [6.45, 7) is 3.79. The Morgan fingerprint density at radius 1 is 1.58 bits per heavy atom. The van der Waals surface area contributed by atoms with Crippen molar-refractivity contribution in [2.45, 2.75) is 19.9 Å². The maximum absolute atomic E-state index is 12.2. The predicted molar refractivity (Wildman–Crippen MR) is 77.2 cm³/mol. The Labute approximate surface area is 115 Å². The number of nitrogens with two attached hydrogens (primary N) is 1. The molecule has 0 aliphatic carbocycles. The van der Waals surface area contributed by atoms with Crippen molar-refractivity contribution in [3.8, 4) is 0 Å². The number of fused-ring (bicyclic) bond motifs is 1. The van der Waals surface area contributed by atoms with Crippen LogP contribution >= 0.6 is 11.3 Å². The number of nitrogens with one attached hydrogen (secondary N) is 1. The van der Waals surface area contributed by atoms with Gasteiger partial charge in [-0.2, -0.15) is 0 Å². The fourth-order valence-corrected chi connectivity index (χ4v) is 2.74. The monoisotopic (exact) mass is 279 g/mol. The number of carbonyl (C=O) groups is 1. The molecule has 6 heteroatoms. The Hall–Kier alpha value is -1.66. The number of pyridine rings is 1. The number of hydrogen-bond acceptors (Lipinski definition) is 5. The van der Waals surface area contributed by atoms with Gasteiger partial charge in [-0.25, -0.2) is 4.98 Å². The topological polar surface area (TPSA) is 88.2 Å². The van der Waals surface area contributed by atoms with E-state index in [-0.39, 0.29) is 24.5 Å². The molecule has 0 aliphatic rings. The minimum atomic E-state index is -0.273. The number of nitrogens with zero attached hydrogens (tertiary/aromatic N) is 1. The molecule has 2 aromatic heterocycles. The van der Waals surface area contributed by atoms with Crippen molar-refractivity contribution < 1.29 is 9.90 Å². The Balaban J connectivity index is 2.29. The minimum Gasteiger partial charge on any atom is -0.397 e.